The number of rotatable bonds is 5. The van der Waals surface area contributed by atoms with E-state index < -0.39 is 12.0 Å². The van der Waals surface area contributed by atoms with E-state index in [0.29, 0.717) is 24.8 Å². The third-order valence-corrected chi connectivity index (χ3v) is 3.30. The zero-order chi connectivity index (χ0) is 13.8. The molecule has 6 nitrogen and oxygen atoms in total. The Morgan fingerprint density at radius 2 is 2.37 bits per heavy atom. The summed E-state index contributed by atoms with van der Waals surface area (Å²) in [6.45, 7) is 5.23. The molecule has 2 atom stereocenters. The van der Waals surface area contributed by atoms with Gasteiger partial charge in [-0.3, -0.25) is 4.98 Å². The van der Waals surface area contributed by atoms with Crippen molar-refractivity contribution in [2.75, 3.05) is 18.1 Å². The molecule has 0 aromatic carbocycles. The van der Waals surface area contributed by atoms with Crippen LogP contribution in [-0.4, -0.2) is 40.2 Å². The number of hydrogen-bond acceptors (Lipinski definition) is 5. The van der Waals surface area contributed by atoms with E-state index in [1.165, 1.54) is 0 Å². The predicted molar refractivity (Wildman–Crippen MR) is 70.4 cm³/mol. The van der Waals surface area contributed by atoms with Crippen molar-refractivity contribution in [2.45, 2.75) is 32.7 Å². The largest absolute Gasteiger partial charge is 0.480 e. The lowest BCUT2D eigenvalue weighted by molar-refractivity contribution is -0.139. The molecule has 1 aliphatic rings. The summed E-state index contributed by atoms with van der Waals surface area (Å²) in [4.78, 5) is 21.5. The molecule has 6 heteroatoms. The van der Waals surface area contributed by atoms with Crippen LogP contribution in [0.2, 0.25) is 0 Å². The molecule has 1 aromatic heterocycles. The molecule has 104 valence electrons. The van der Waals surface area contributed by atoms with E-state index in [9.17, 15) is 9.90 Å². The van der Waals surface area contributed by atoms with Crippen LogP contribution in [0.3, 0.4) is 0 Å². The maximum Gasteiger partial charge on any atom is 0.326 e. The molecule has 0 spiro atoms. The molecule has 0 radical (unpaired) electrons. The zero-order valence-electron chi connectivity index (χ0n) is 11.2. The first-order valence-electron chi connectivity index (χ1n) is 6.57. The molecule has 1 N–H and O–H groups in total. The molecule has 1 aliphatic heterocycles. The van der Waals surface area contributed by atoms with Crippen LogP contribution in [0.25, 0.3) is 0 Å². The van der Waals surface area contributed by atoms with Gasteiger partial charge in [-0.05, 0) is 18.8 Å². The minimum absolute atomic E-state index is 0.111. The summed E-state index contributed by atoms with van der Waals surface area (Å²) in [6, 6.07) is -0.532. The van der Waals surface area contributed by atoms with Crippen LogP contribution >= 0.6 is 0 Å². The lowest BCUT2D eigenvalue weighted by atomic mass is 10.0. The fraction of sp³-hybridized carbons (Fsp3) is 0.615. The minimum atomic E-state index is -0.813. The van der Waals surface area contributed by atoms with Gasteiger partial charge < -0.3 is 14.7 Å². The molecule has 1 fully saturated rings. The van der Waals surface area contributed by atoms with Crippen LogP contribution in [0.5, 0.6) is 5.88 Å². The number of ether oxygens (including phenoxy) is 1. The van der Waals surface area contributed by atoms with E-state index in [1.54, 1.807) is 17.3 Å². The van der Waals surface area contributed by atoms with Crippen molar-refractivity contribution in [3.05, 3.63) is 12.4 Å². The molecule has 2 heterocycles. The number of nitrogens with zero attached hydrogens (tertiary/aromatic N) is 3. The summed E-state index contributed by atoms with van der Waals surface area (Å²) in [7, 11) is 0. The van der Waals surface area contributed by atoms with Gasteiger partial charge in [0.15, 0.2) is 5.82 Å². The molecule has 0 bridgehead atoms. The van der Waals surface area contributed by atoms with Crippen LogP contribution < -0.4 is 9.64 Å². The number of carbonyl (C=O) groups is 1. The highest BCUT2D eigenvalue weighted by Gasteiger charge is 2.37. The third-order valence-electron chi connectivity index (χ3n) is 3.30. The Labute approximate surface area is 112 Å². The van der Waals surface area contributed by atoms with Gasteiger partial charge in [0, 0.05) is 6.54 Å². The van der Waals surface area contributed by atoms with Crippen LogP contribution in [-0.2, 0) is 4.79 Å². The molecule has 0 saturated carbocycles. The fourth-order valence-electron chi connectivity index (χ4n) is 2.33. The first kappa shape index (κ1) is 13.6. The predicted octanol–water partition coefficient (Wildman–Crippen LogP) is 1.56. The highest BCUT2D eigenvalue weighted by molar-refractivity contribution is 5.78. The summed E-state index contributed by atoms with van der Waals surface area (Å²) in [6.07, 6.45) is 4.88. The number of anilines is 1. The molecule has 19 heavy (non-hydrogen) atoms. The van der Waals surface area contributed by atoms with Gasteiger partial charge in [-0.1, -0.05) is 13.8 Å². The molecule has 0 amide bonds. The van der Waals surface area contributed by atoms with E-state index in [-0.39, 0.29) is 5.92 Å². The summed E-state index contributed by atoms with van der Waals surface area (Å²) in [5.74, 6) is 0.319. The molecular weight excluding hydrogens is 246 g/mol. The van der Waals surface area contributed by atoms with Crippen molar-refractivity contribution in [2.24, 2.45) is 5.92 Å². The second-order valence-corrected chi connectivity index (χ2v) is 4.81. The van der Waals surface area contributed by atoms with E-state index in [4.69, 9.17) is 4.74 Å². The summed E-state index contributed by atoms with van der Waals surface area (Å²) < 4.78 is 5.43. The summed E-state index contributed by atoms with van der Waals surface area (Å²) >= 11 is 0. The Morgan fingerprint density at radius 1 is 1.58 bits per heavy atom. The molecule has 2 rings (SSSR count). The van der Waals surface area contributed by atoms with Gasteiger partial charge in [0.2, 0.25) is 5.88 Å². The van der Waals surface area contributed by atoms with Crippen molar-refractivity contribution in [1.29, 1.82) is 0 Å². The van der Waals surface area contributed by atoms with E-state index in [0.717, 1.165) is 12.8 Å². The number of hydrogen-bond donors (Lipinski definition) is 1. The van der Waals surface area contributed by atoms with Crippen molar-refractivity contribution in [1.82, 2.24) is 9.97 Å². The molecule has 1 aromatic rings. The van der Waals surface area contributed by atoms with Crippen molar-refractivity contribution >= 4 is 11.8 Å². The zero-order valence-corrected chi connectivity index (χ0v) is 11.2. The lowest BCUT2D eigenvalue weighted by Crippen LogP contribution is -2.39. The molecular formula is C13H19N3O3. The second kappa shape index (κ2) is 5.86. The Bertz CT molecular complexity index is 453. The third kappa shape index (κ3) is 2.94. The average Bonchev–Trinajstić information content (AvgIpc) is 2.79. The van der Waals surface area contributed by atoms with E-state index >= 15 is 0 Å². The van der Waals surface area contributed by atoms with Gasteiger partial charge in [0.25, 0.3) is 0 Å². The van der Waals surface area contributed by atoms with E-state index in [1.807, 2.05) is 13.8 Å². The Kier molecular flexibility index (Phi) is 4.19. The number of aliphatic carboxylic acids is 1. The Balaban J connectivity index is 2.19. The first-order chi connectivity index (χ1) is 9.13. The molecule has 0 aliphatic carbocycles. The minimum Gasteiger partial charge on any atom is -0.480 e. The fourth-order valence-corrected chi connectivity index (χ4v) is 2.33. The quantitative estimate of drug-likeness (QED) is 0.870. The Hall–Kier alpha value is -1.85. The lowest BCUT2D eigenvalue weighted by Gasteiger charge is -2.24. The van der Waals surface area contributed by atoms with Gasteiger partial charge in [0.05, 0.1) is 19.0 Å². The van der Waals surface area contributed by atoms with Crippen LogP contribution in [0.15, 0.2) is 12.4 Å². The number of carboxylic acids is 1. The first-order valence-corrected chi connectivity index (χ1v) is 6.57. The second-order valence-electron chi connectivity index (χ2n) is 4.81. The van der Waals surface area contributed by atoms with Crippen molar-refractivity contribution < 1.29 is 14.6 Å². The van der Waals surface area contributed by atoms with E-state index in [2.05, 4.69) is 9.97 Å². The maximum absolute atomic E-state index is 11.3. The highest BCUT2D eigenvalue weighted by Crippen LogP contribution is 2.29. The Morgan fingerprint density at radius 3 is 3.05 bits per heavy atom. The average molecular weight is 265 g/mol. The number of aromatic nitrogens is 2. The maximum atomic E-state index is 11.3. The van der Waals surface area contributed by atoms with Crippen molar-refractivity contribution in [3.63, 3.8) is 0 Å². The van der Waals surface area contributed by atoms with Gasteiger partial charge in [-0.2, -0.15) is 4.98 Å². The van der Waals surface area contributed by atoms with Crippen molar-refractivity contribution in [3.8, 4) is 5.88 Å². The van der Waals surface area contributed by atoms with Crippen LogP contribution in [0.4, 0.5) is 5.82 Å². The topological polar surface area (TPSA) is 75.5 Å². The monoisotopic (exact) mass is 265 g/mol. The van der Waals surface area contributed by atoms with Gasteiger partial charge in [0.1, 0.15) is 6.04 Å². The van der Waals surface area contributed by atoms with Gasteiger partial charge >= 0.3 is 5.97 Å². The molecule has 1 saturated heterocycles. The van der Waals surface area contributed by atoms with Crippen LogP contribution in [0.1, 0.15) is 26.7 Å². The normalized spacial score (nSPS) is 22.5. The standard InChI is InChI=1S/C13H19N3O3/c1-3-6-19-11-8-14-7-10(15-11)16-5-4-9(2)12(16)13(17)18/h7-9,12H,3-6H2,1-2H3,(H,17,18). The molecule has 2 unspecified atom stereocenters. The smallest absolute Gasteiger partial charge is 0.326 e. The van der Waals surface area contributed by atoms with Gasteiger partial charge in [-0.25, -0.2) is 4.79 Å². The SMILES string of the molecule is CCCOc1cncc(N2CCC(C)C2C(=O)O)n1. The van der Waals surface area contributed by atoms with Crippen LogP contribution in [0, 0.1) is 5.92 Å². The highest BCUT2D eigenvalue weighted by atomic mass is 16.5. The van der Waals surface area contributed by atoms with Gasteiger partial charge in [-0.15, -0.1) is 0 Å². The summed E-state index contributed by atoms with van der Waals surface area (Å²) in [5.41, 5.74) is 0. The number of carboxylic acid groups (broad SMARTS) is 1. The summed E-state index contributed by atoms with van der Waals surface area (Å²) in [5, 5.41) is 9.31.